The van der Waals surface area contributed by atoms with E-state index in [1.807, 2.05) is 25.1 Å². The standard InChI is InChI=1S/C21H19ClIN5O/c1-13-3-5-14(6-4-13)20(29)19-16(12-25)21(26-10-2-9-24)28(27-19)18-8-7-15(22)11-17(18)23/h3-8,11,26H,2,9-10,24H2,1H3. The summed E-state index contributed by atoms with van der Waals surface area (Å²) in [5.74, 6) is 0.169. The normalized spacial score (nSPS) is 10.6. The first-order valence-electron chi connectivity index (χ1n) is 9.00. The third-order valence-corrected chi connectivity index (χ3v) is 5.44. The van der Waals surface area contributed by atoms with Gasteiger partial charge in [-0.15, -0.1) is 0 Å². The monoisotopic (exact) mass is 519 g/mol. The maximum absolute atomic E-state index is 13.1. The first-order valence-corrected chi connectivity index (χ1v) is 10.5. The molecule has 0 saturated heterocycles. The van der Waals surface area contributed by atoms with E-state index in [4.69, 9.17) is 17.3 Å². The highest BCUT2D eigenvalue weighted by Gasteiger charge is 2.25. The Bertz CT molecular complexity index is 1090. The van der Waals surface area contributed by atoms with E-state index in [2.05, 4.69) is 39.1 Å². The van der Waals surface area contributed by atoms with E-state index in [-0.39, 0.29) is 17.0 Å². The van der Waals surface area contributed by atoms with E-state index in [1.165, 1.54) is 0 Å². The molecule has 3 rings (SSSR count). The number of benzene rings is 2. The molecule has 0 aliphatic rings. The van der Waals surface area contributed by atoms with Gasteiger partial charge in [0.15, 0.2) is 5.69 Å². The number of carbonyl (C=O) groups excluding carboxylic acids is 1. The van der Waals surface area contributed by atoms with Crippen molar-refractivity contribution in [2.75, 3.05) is 18.4 Å². The molecule has 0 atom stereocenters. The van der Waals surface area contributed by atoms with Crippen molar-refractivity contribution in [2.45, 2.75) is 13.3 Å². The molecule has 0 aliphatic carbocycles. The zero-order chi connectivity index (χ0) is 21.0. The predicted octanol–water partition coefficient (Wildman–Crippen LogP) is 4.30. The van der Waals surface area contributed by atoms with Gasteiger partial charge in [0.25, 0.3) is 0 Å². The van der Waals surface area contributed by atoms with Crippen LogP contribution in [0.4, 0.5) is 5.82 Å². The van der Waals surface area contributed by atoms with E-state index >= 15 is 0 Å². The van der Waals surface area contributed by atoms with Gasteiger partial charge in [-0.3, -0.25) is 4.79 Å². The van der Waals surface area contributed by atoms with Crippen molar-refractivity contribution in [1.29, 1.82) is 5.26 Å². The number of nitrogens with zero attached hydrogens (tertiary/aromatic N) is 3. The molecule has 148 valence electrons. The predicted molar refractivity (Wildman–Crippen MR) is 123 cm³/mol. The van der Waals surface area contributed by atoms with Crippen molar-refractivity contribution in [3.8, 4) is 11.8 Å². The van der Waals surface area contributed by atoms with Crippen LogP contribution in [0.25, 0.3) is 5.69 Å². The molecule has 3 aromatic rings. The second kappa shape index (κ2) is 9.39. The summed E-state index contributed by atoms with van der Waals surface area (Å²) in [6.45, 7) is 3.02. The van der Waals surface area contributed by atoms with Gasteiger partial charge in [-0.1, -0.05) is 41.4 Å². The number of nitrogens with two attached hydrogens (primary N) is 1. The number of anilines is 1. The van der Waals surface area contributed by atoms with Gasteiger partial charge in [0.1, 0.15) is 17.5 Å². The molecule has 0 unspecified atom stereocenters. The molecule has 0 radical (unpaired) electrons. The van der Waals surface area contributed by atoms with Crippen LogP contribution in [-0.4, -0.2) is 28.7 Å². The van der Waals surface area contributed by atoms with Crippen molar-refractivity contribution in [1.82, 2.24) is 9.78 Å². The van der Waals surface area contributed by atoms with Crippen LogP contribution >= 0.6 is 34.2 Å². The smallest absolute Gasteiger partial charge is 0.214 e. The van der Waals surface area contributed by atoms with Crippen molar-refractivity contribution >= 4 is 45.8 Å². The molecule has 1 aromatic heterocycles. The minimum Gasteiger partial charge on any atom is -0.369 e. The van der Waals surface area contributed by atoms with Crippen LogP contribution in [0.3, 0.4) is 0 Å². The van der Waals surface area contributed by atoms with Gasteiger partial charge in [-0.05, 0) is 60.7 Å². The van der Waals surface area contributed by atoms with E-state index in [0.29, 0.717) is 29.5 Å². The maximum atomic E-state index is 13.1. The molecule has 0 amide bonds. The van der Waals surface area contributed by atoms with E-state index in [9.17, 15) is 10.1 Å². The van der Waals surface area contributed by atoms with Crippen LogP contribution in [0.2, 0.25) is 5.02 Å². The van der Waals surface area contributed by atoms with Crippen LogP contribution < -0.4 is 11.1 Å². The Hall–Kier alpha value is -2.41. The van der Waals surface area contributed by atoms with Crippen LogP contribution in [0.5, 0.6) is 0 Å². The number of carbonyl (C=O) groups is 1. The number of halogens is 2. The zero-order valence-electron chi connectivity index (χ0n) is 15.7. The fraction of sp³-hybridized carbons (Fsp3) is 0.190. The highest BCUT2D eigenvalue weighted by molar-refractivity contribution is 14.1. The lowest BCUT2D eigenvalue weighted by Gasteiger charge is -2.11. The summed E-state index contributed by atoms with van der Waals surface area (Å²) in [4.78, 5) is 13.1. The summed E-state index contributed by atoms with van der Waals surface area (Å²) >= 11 is 8.24. The van der Waals surface area contributed by atoms with Gasteiger partial charge < -0.3 is 11.1 Å². The number of hydrogen-bond donors (Lipinski definition) is 2. The Balaban J connectivity index is 2.15. The third kappa shape index (κ3) is 4.61. The highest BCUT2D eigenvalue weighted by atomic mass is 127. The van der Waals surface area contributed by atoms with Crippen molar-refractivity contribution < 1.29 is 4.79 Å². The lowest BCUT2D eigenvalue weighted by molar-refractivity contribution is 0.103. The molecule has 0 fully saturated rings. The zero-order valence-corrected chi connectivity index (χ0v) is 18.7. The first-order chi connectivity index (χ1) is 14.0. The van der Waals surface area contributed by atoms with Crippen LogP contribution in [0, 0.1) is 21.8 Å². The van der Waals surface area contributed by atoms with Gasteiger partial charge >= 0.3 is 0 Å². The molecule has 2 aromatic carbocycles. The third-order valence-electron chi connectivity index (χ3n) is 4.34. The number of rotatable bonds is 7. The summed E-state index contributed by atoms with van der Waals surface area (Å²) in [5, 5.41) is 18.2. The van der Waals surface area contributed by atoms with Gasteiger partial charge in [0.2, 0.25) is 5.78 Å². The second-order valence-corrected chi connectivity index (χ2v) is 8.05. The number of hydrogen-bond acceptors (Lipinski definition) is 5. The Labute approximate surface area is 187 Å². The number of nitriles is 1. The Morgan fingerprint density at radius 3 is 2.66 bits per heavy atom. The van der Waals surface area contributed by atoms with E-state index < -0.39 is 0 Å². The van der Waals surface area contributed by atoms with Crippen LogP contribution in [0.15, 0.2) is 42.5 Å². The quantitative estimate of drug-likeness (QED) is 0.276. The lowest BCUT2D eigenvalue weighted by atomic mass is 10.0. The van der Waals surface area contributed by atoms with Crippen LogP contribution in [0.1, 0.15) is 33.6 Å². The van der Waals surface area contributed by atoms with Crippen LogP contribution in [-0.2, 0) is 0 Å². The van der Waals surface area contributed by atoms with Gasteiger partial charge in [-0.25, -0.2) is 4.68 Å². The molecular formula is C21H19ClIN5O. The Morgan fingerprint density at radius 1 is 1.31 bits per heavy atom. The van der Waals surface area contributed by atoms with Gasteiger partial charge in [0, 0.05) is 20.7 Å². The molecule has 6 nitrogen and oxygen atoms in total. The van der Waals surface area contributed by atoms with E-state index in [0.717, 1.165) is 21.2 Å². The number of aryl methyl sites for hydroxylation is 1. The molecule has 0 saturated carbocycles. The molecule has 0 bridgehead atoms. The van der Waals surface area contributed by atoms with Crippen molar-refractivity contribution in [3.05, 3.63) is 73.4 Å². The Kier molecular flexibility index (Phi) is 6.90. The number of aromatic nitrogens is 2. The topological polar surface area (TPSA) is 96.7 Å². The summed E-state index contributed by atoms with van der Waals surface area (Å²) in [6.07, 6.45) is 0.717. The largest absolute Gasteiger partial charge is 0.369 e. The minimum atomic E-state index is -0.300. The van der Waals surface area contributed by atoms with Crippen molar-refractivity contribution in [2.24, 2.45) is 5.73 Å². The average Bonchev–Trinajstić information content (AvgIpc) is 3.06. The fourth-order valence-electron chi connectivity index (χ4n) is 2.82. The molecule has 8 heteroatoms. The first kappa shape index (κ1) is 21.3. The molecule has 29 heavy (non-hydrogen) atoms. The summed E-state index contributed by atoms with van der Waals surface area (Å²) in [6, 6.07) is 14.7. The molecule has 3 N–H and O–H groups in total. The lowest BCUT2D eigenvalue weighted by Crippen LogP contribution is -2.12. The molecular weight excluding hydrogens is 501 g/mol. The minimum absolute atomic E-state index is 0.109. The maximum Gasteiger partial charge on any atom is 0.214 e. The molecule has 1 heterocycles. The van der Waals surface area contributed by atoms with Gasteiger partial charge in [-0.2, -0.15) is 10.4 Å². The number of nitrogens with one attached hydrogen (secondary N) is 1. The molecule has 0 aliphatic heterocycles. The SMILES string of the molecule is Cc1ccc(C(=O)c2nn(-c3ccc(Cl)cc3I)c(NCCCN)c2C#N)cc1. The second-order valence-electron chi connectivity index (χ2n) is 6.46. The molecule has 0 spiro atoms. The van der Waals surface area contributed by atoms with E-state index in [1.54, 1.807) is 28.9 Å². The Morgan fingerprint density at radius 2 is 2.03 bits per heavy atom. The average molecular weight is 520 g/mol. The van der Waals surface area contributed by atoms with Gasteiger partial charge in [0.05, 0.1) is 5.69 Å². The summed E-state index contributed by atoms with van der Waals surface area (Å²) < 4.78 is 2.44. The fourth-order valence-corrected chi connectivity index (χ4v) is 3.92. The highest BCUT2D eigenvalue weighted by Crippen LogP contribution is 2.29. The summed E-state index contributed by atoms with van der Waals surface area (Å²) in [7, 11) is 0. The summed E-state index contributed by atoms with van der Waals surface area (Å²) in [5.41, 5.74) is 8.17. The number of ketones is 1. The van der Waals surface area contributed by atoms with Crippen molar-refractivity contribution in [3.63, 3.8) is 0 Å².